The monoisotopic (exact) mass is 447 g/mol. The molecule has 0 aliphatic rings. The first kappa shape index (κ1) is 24.6. The standard InChI is InChI=1S/C22H27F2N5O3/c1-3-26-22(29(2)14-16-6-10-18(11-7-16)32-21(23)24)28-12-15-4-8-17(9-5-15)20(31)27-13-19(25)30/h4-11,21H,3,12-14H2,1-2H3,(H2,25,30)(H,26,28)(H,27,31). The van der Waals surface area contributed by atoms with E-state index < -0.39 is 12.5 Å². The van der Waals surface area contributed by atoms with E-state index in [0.717, 1.165) is 11.1 Å². The number of halogens is 2. The number of hydrogen-bond acceptors (Lipinski definition) is 4. The van der Waals surface area contributed by atoms with Gasteiger partial charge in [0.1, 0.15) is 5.75 Å². The Morgan fingerprint density at radius 2 is 1.69 bits per heavy atom. The van der Waals surface area contributed by atoms with Gasteiger partial charge in [-0.3, -0.25) is 9.59 Å². The zero-order chi connectivity index (χ0) is 23.5. The number of ether oxygens (including phenoxy) is 1. The molecule has 0 spiro atoms. The van der Waals surface area contributed by atoms with Crippen molar-refractivity contribution < 1.29 is 23.1 Å². The molecule has 0 fully saturated rings. The predicted octanol–water partition coefficient (Wildman–Crippen LogP) is 2.10. The van der Waals surface area contributed by atoms with Crippen molar-refractivity contribution in [2.45, 2.75) is 26.6 Å². The Balaban J connectivity index is 1.99. The molecule has 0 saturated heterocycles. The molecule has 32 heavy (non-hydrogen) atoms. The number of benzene rings is 2. The largest absolute Gasteiger partial charge is 0.435 e. The highest BCUT2D eigenvalue weighted by Gasteiger charge is 2.09. The lowest BCUT2D eigenvalue weighted by molar-refractivity contribution is -0.117. The number of amides is 2. The number of rotatable bonds is 10. The summed E-state index contributed by atoms with van der Waals surface area (Å²) in [6, 6.07) is 13.3. The van der Waals surface area contributed by atoms with Crippen LogP contribution < -0.4 is 21.1 Å². The zero-order valence-corrected chi connectivity index (χ0v) is 18.0. The Kier molecular flexibility index (Phi) is 9.40. The molecule has 0 aliphatic carbocycles. The second-order valence-corrected chi connectivity index (χ2v) is 6.89. The Labute approximate surface area is 185 Å². The van der Waals surface area contributed by atoms with Crippen LogP contribution in [0.3, 0.4) is 0 Å². The van der Waals surface area contributed by atoms with Crippen LogP contribution >= 0.6 is 0 Å². The molecule has 2 rings (SSSR count). The van der Waals surface area contributed by atoms with E-state index >= 15 is 0 Å². The number of alkyl halides is 2. The lowest BCUT2D eigenvalue weighted by atomic mass is 10.1. The van der Waals surface area contributed by atoms with Crippen LogP contribution in [0.2, 0.25) is 0 Å². The number of nitrogens with two attached hydrogens (primary N) is 1. The van der Waals surface area contributed by atoms with E-state index in [0.29, 0.717) is 31.2 Å². The Morgan fingerprint density at radius 1 is 1.06 bits per heavy atom. The van der Waals surface area contributed by atoms with Crippen molar-refractivity contribution in [3.63, 3.8) is 0 Å². The average Bonchev–Trinajstić information content (AvgIpc) is 2.76. The fourth-order valence-electron chi connectivity index (χ4n) is 2.79. The summed E-state index contributed by atoms with van der Waals surface area (Å²) in [4.78, 5) is 29.2. The Morgan fingerprint density at radius 3 is 2.25 bits per heavy atom. The number of primary amides is 1. The van der Waals surface area contributed by atoms with E-state index in [2.05, 4.69) is 20.4 Å². The van der Waals surface area contributed by atoms with Crippen LogP contribution in [0, 0.1) is 0 Å². The first-order valence-electron chi connectivity index (χ1n) is 9.97. The van der Waals surface area contributed by atoms with Crippen molar-refractivity contribution in [2.24, 2.45) is 10.7 Å². The van der Waals surface area contributed by atoms with Gasteiger partial charge in [0.25, 0.3) is 5.91 Å². The molecule has 2 amide bonds. The van der Waals surface area contributed by atoms with Crippen LogP contribution in [0.4, 0.5) is 8.78 Å². The molecule has 10 heteroatoms. The van der Waals surface area contributed by atoms with Crippen LogP contribution in [0.25, 0.3) is 0 Å². The first-order valence-corrected chi connectivity index (χ1v) is 9.97. The van der Waals surface area contributed by atoms with Crippen molar-refractivity contribution in [1.29, 1.82) is 0 Å². The molecule has 0 atom stereocenters. The minimum Gasteiger partial charge on any atom is -0.435 e. The molecule has 4 N–H and O–H groups in total. The van der Waals surface area contributed by atoms with Gasteiger partial charge in [0.05, 0.1) is 13.1 Å². The molecule has 0 heterocycles. The summed E-state index contributed by atoms with van der Waals surface area (Å²) in [5.74, 6) is -0.207. The molecule has 0 aromatic heterocycles. The number of hydrogen-bond donors (Lipinski definition) is 3. The topological polar surface area (TPSA) is 109 Å². The van der Waals surface area contributed by atoms with Crippen molar-refractivity contribution in [3.05, 3.63) is 65.2 Å². The van der Waals surface area contributed by atoms with Crippen LogP contribution in [-0.2, 0) is 17.9 Å². The molecular weight excluding hydrogens is 420 g/mol. The molecule has 0 aliphatic heterocycles. The smallest absolute Gasteiger partial charge is 0.387 e. The third-order valence-electron chi connectivity index (χ3n) is 4.32. The molecule has 8 nitrogen and oxygen atoms in total. The summed E-state index contributed by atoms with van der Waals surface area (Å²) in [6.45, 7) is 0.458. The average molecular weight is 447 g/mol. The van der Waals surface area contributed by atoms with Crippen molar-refractivity contribution in [3.8, 4) is 5.75 Å². The number of carbonyl (C=O) groups excluding carboxylic acids is 2. The molecule has 0 bridgehead atoms. The number of aliphatic imine (C=N–C) groups is 1. The number of guanidine groups is 1. The van der Waals surface area contributed by atoms with Crippen LogP contribution in [0.5, 0.6) is 5.75 Å². The summed E-state index contributed by atoms with van der Waals surface area (Å²) in [6.07, 6.45) is 0. The van der Waals surface area contributed by atoms with E-state index in [1.54, 1.807) is 36.4 Å². The highest BCUT2D eigenvalue weighted by atomic mass is 19.3. The van der Waals surface area contributed by atoms with Crippen LogP contribution in [0.1, 0.15) is 28.4 Å². The fraction of sp³-hybridized carbons (Fsp3) is 0.318. The summed E-state index contributed by atoms with van der Waals surface area (Å²) in [7, 11) is 1.87. The summed E-state index contributed by atoms with van der Waals surface area (Å²) in [5.41, 5.74) is 7.25. The second-order valence-electron chi connectivity index (χ2n) is 6.89. The molecule has 0 saturated carbocycles. The van der Waals surface area contributed by atoms with Crippen LogP contribution in [-0.4, -0.2) is 49.4 Å². The summed E-state index contributed by atoms with van der Waals surface area (Å²) < 4.78 is 28.9. The van der Waals surface area contributed by atoms with Gasteiger partial charge in [-0.15, -0.1) is 0 Å². The highest BCUT2D eigenvalue weighted by Crippen LogP contribution is 2.16. The Bertz CT molecular complexity index is 918. The molecule has 172 valence electrons. The van der Waals surface area contributed by atoms with Gasteiger partial charge in [-0.2, -0.15) is 8.78 Å². The quantitative estimate of drug-likeness (QED) is 0.382. The van der Waals surface area contributed by atoms with E-state index in [4.69, 9.17) is 5.73 Å². The van der Waals surface area contributed by atoms with E-state index in [9.17, 15) is 18.4 Å². The molecule has 2 aromatic carbocycles. The van der Waals surface area contributed by atoms with Crippen molar-refractivity contribution in [2.75, 3.05) is 20.1 Å². The molecule has 0 radical (unpaired) electrons. The van der Waals surface area contributed by atoms with Gasteiger partial charge in [-0.1, -0.05) is 24.3 Å². The third kappa shape index (κ3) is 8.21. The van der Waals surface area contributed by atoms with Gasteiger partial charge in [0.2, 0.25) is 5.91 Å². The van der Waals surface area contributed by atoms with Gasteiger partial charge in [-0.05, 0) is 42.3 Å². The van der Waals surface area contributed by atoms with E-state index in [1.807, 2.05) is 18.9 Å². The van der Waals surface area contributed by atoms with Gasteiger partial charge in [-0.25, -0.2) is 4.99 Å². The van der Waals surface area contributed by atoms with Gasteiger partial charge >= 0.3 is 6.61 Å². The number of nitrogens with one attached hydrogen (secondary N) is 2. The van der Waals surface area contributed by atoms with Crippen LogP contribution in [0.15, 0.2) is 53.5 Å². The predicted molar refractivity (Wildman–Crippen MR) is 117 cm³/mol. The fourth-order valence-corrected chi connectivity index (χ4v) is 2.79. The molecule has 0 unspecified atom stereocenters. The maximum absolute atomic E-state index is 12.3. The van der Waals surface area contributed by atoms with Gasteiger partial charge in [0.15, 0.2) is 5.96 Å². The van der Waals surface area contributed by atoms with E-state index in [1.165, 1.54) is 12.1 Å². The summed E-state index contributed by atoms with van der Waals surface area (Å²) >= 11 is 0. The third-order valence-corrected chi connectivity index (χ3v) is 4.32. The second kappa shape index (κ2) is 12.2. The maximum Gasteiger partial charge on any atom is 0.387 e. The first-order chi connectivity index (χ1) is 15.3. The summed E-state index contributed by atoms with van der Waals surface area (Å²) in [5, 5.41) is 5.64. The minimum atomic E-state index is -2.85. The Hall–Kier alpha value is -3.69. The number of nitrogens with zero attached hydrogens (tertiary/aromatic N) is 2. The SMILES string of the molecule is CCNC(=NCc1ccc(C(=O)NCC(N)=O)cc1)N(C)Cc1ccc(OC(F)F)cc1. The number of carbonyl (C=O) groups is 2. The lowest BCUT2D eigenvalue weighted by Crippen LogP contribution is -2.38. The van der Waals surface area contributed by atoms with Gasteiger partial charge in [0, 0.05) is 25.7 Å². The molecular formula is C22H27F2N5O3. The minimum absolute atomic E-state index is 0.110. The lowest BCUT2D eigenvalue weighted by Gasteiger charge is -2.22. The zero-order valence-electron chi connectivity index (χ0n) is 18.0. The highest BCUT2D eigenvalue weighted by molar-refractivity contribution is 5.96. The normalized spacial score (nSPS) is 11.2. The van der Waals surface area contributed by atoms with Gasteiger partial charge < -0.3 is 26.0 Å². The van der Waals surface area contributed by atoms with Crippen molar-refractivity contribution >= 4 is 17.8 Å². The van der Waals surface area contributed by atoms with E-state index in [-0.39, 0.29) is 18.2 Å². The maximum atomic E-state index is 12.3. The molecule has 2 aromatic rings. The van der Waals surface area contributed by atoms with Crippen molar-refractivity contribution in [1.82, 2.24) is 15.5 Å².